The fraction of sp³-hybridized carbons (Fsp3) is 0.0149. The van der Waals surface area contributed by atoms with E-state index >= 15 is 0 Å². The zero-order valence-corrected chi connectivity index (χ0v) is 38.9. The molecule has 0 bridgehead atoms. The van der Waals surface area contributed by atoms with E-state index in [1.165, 1.54) is 109 Å². The van der Waals surface area contributed by atoms with Crippen molar-refractivity contribution in [3.05, 3.63) is 277 Å². The van der Waals surface area contributed by atoms with Gasteiger partial charge >= 0.3 is 0 Å². The van der Waals surface area contributed by atoms with Gasteiger partial charge in [0, 0.05) is 53.6 Å². The molecule has 2 aliphatic carbocycles. The number of rotatable bonds is 6. The Morgan fingerprint density at radius 3 is 1.61 bits per heavy atom. The molecule has 0 amide bonds. The highest BCUT2D eigenvalue weighted by Crippen LogP contribution is 2.64. The van der Waals surface area contributed by atoms with E-state index < -0.39 is 5.41 Å². The van der Waals surface area contributed by atoms with Crippen molar-refractivity contribution in [2.45, 2.75) is 5.41 Å². The fourth-order valence-corrected chi connectivity index (χ4v) is 13.4. The van der Waals surface area contributed by atoms with Crippen molar-refractivity contribution in [2.24, 2.45) is 0 Å². The zero-order chi connectivity index (χ0) is 45.9. The Morgan fingerprint density at radius 2 is 0.871 bits per heavy atom. The summed E-state index contributed by atoms with van der Waals surface area (Å²) in [6.45, 7) is 0. The van der Waals surface area contributed by atoms with Crippen molar-refractivity contribution < 1.29 is 0 Å². The van der Waals surface area contributed by atoms with Gasteiger partial charge in [-0.25, -0.2) is 0 Å². The summed E-state index contributed by atoms with van der Waals surface area (Å²) < 4.78 is 5.04. The minimum Gasteiger partial charge on any atom is -0.310 e. The van der Waals surface area contributed by atoms with Gasteiger partial charge in [0.15, 0.2) is 0 Å². The Kier molecular flexibility index (Phi) is 8.48. The first-order valence-electron chi connectivity index (χ1n) is 24.2. The third kappa shape index (κ3) is 5.49. The van der Waals surface area contributed by atoms with Gasteiger partial charge in [-0.15, -0.1) is 11.3 Å². The third-order valence-corrected chi connectivity index (χ3v) is 16.4. The quantitative estimate of drug-likeness (QED) is 0.161. The molecule has 0 saturated heterocycles. The van der Waals surface area contributed by atoms with Gasteiger partial charge in [-0.05, 0) is 134 Å². The van der Waals surface area contributed by atoms with E-state index in [1.807, 2.05) is 11.3 Å². The molecule has 0 radical (unpaired) electrons. The number of anilines is 3. The van der Waals surface area contributed by atoms with E-state index in [-0.39, 0.29) is 0 Å². The topological polar surface area (TPSA) is 8.17 Å². The highest BCUT2D eigenvalue weighted by atomic mass is 32.1. The molecule has 2 aromatic heterocycles. The summed E-state index contributed by atoms with van der Waals surface area (Å²) in [5, 5.41) is 5.14. The Bertz CT molecular complexity index is 4190. The second kappa shape index (κ2) is 15.1. The molecule has 70 heavy (non-hydrogen) atoms. The Labute approximate surface area is 410 Å². The molecule has 2 aliphatic rings. The number of thiophene rings is 1. The van der Waals surface area contributed by atoms with Gasteiger partial charge in [0.25, 0.3) is 0 Å². The van der Waals surface area contributed by atoms with Crippen LogP contribution >= 0.6 is 11.3 Å². The number of fused-ring (bicyclic) bond motifs is 16. The lowest BCUT2D eigenvalue weighted by Crippen LogP contribution is -2.26. The van der Waals surface area contributed by atoms with E-state index in [1.54, 1.807) is 0 Å². The zero-order valence-electron chi connectivity index (χ0n) is 38.1. The summed E-state index contributed by atoms with van der Waals surface area (Å²) in [5.41, 5.74) is 21.8. The van der Waals surface area contributed by atoms with Gasteiger partial charge in [0.2, 0.25) is 0 Å². The normalized spacial score (nSPS) is 13.0. The largest absolute Gasteiger partial charge is 0.310 e. The Morgan fingerprint density at radius 1 is 0.343 bits per heavy atom. The smallest absolute Gasteiger partial charge is 0.0726 e. The maximum Gasteiger partial charge on any atom is 0.0726 e. The number of hydrogen-bond acceptors (Lipinski definition) is 2. The number of aromatic nitrogens is 1. The van der Waals surface area contributed by atoms with E-state index in [4.69, 9.17) is 0 Å². The van der Waals surface area contributed by atoms with Crippen LogP contribution in [0.15, 0.2) is 255 Å². The summed E-state index contributed by atoms with van der Waals surface area (Å²) in [6, 6.07) is 94.8. The van der Waals surface area contributed by atoms with E-state index in [9.17, 15) is 0 Å². The first-order chi connectivity index (χ1) is 34.7. The summed E-state index contributed by atoms with van der Waals surface area (Å²) >= 11 is 1.86. The first-order valence-corrected chi connectivity index (χ1v) is 25.0. The molecule has 3 heteroatoms. The molecule has 0 aliphatic heterocycles. The maximum atomic E-state index is 2.49. The van der Waals surface area contributed by atoms with E-state index in [0.29, 0.717) is 0 Å². The number of benzene rings is 11. The van der Waals surface area contributed by atoms with Crippen LogP contribution in [0.3, 0.4) is 0 Å². The van der Waals surface area contributed by atoms with Gasteiger partial charge in [-0.2, -0.15) is 0 Å². The summed E-state index contributed by atoms with van der Waals surface area (Å²) in [7, 11) is 0. The van der Waals surface area contributed by atoms with E-state index in [2.05, 4.69) is 264 Å². The highest BCUT2D eigenvalue weighted by Gasteiger charge is 2.52. The van der Waals surface area contributed by atoms with Gasteiger partial charge in [-0.3, -0.25) is 0 Å². The molecule has 326 valence electrons. The van der Waals surface area contributed by atoms with Crippen LogP contribution in [-0.2, 0) is 5.41 Å². The molecule has 0 N–H and O–H groups in total. The molecule has 0 atom stereocenters. The maximum absolute atomic E-state index is 2.49. The van der Waals surface area contributed by atoms with Crippen LogP contribution in [0.1, 0.15) is 22.3 Å². The number of nitrogens with zero attached hydrogens (tertiary/aromatic N) is 2. The third-order valence-electron chi connectivity index (χ3n) is 15.2. The highest BCUT2D eigenvalue weighted by molar-refractivity contribution is 7.25. The lowest BCUT2D eigenvalue weighted by molar-refractivity contribution is 0.794. The van der Waals surface area contributed by atoms with Gasteiger partial charge in [0.05, 0.1) is 22.1 Å². The number of hydrogen-bond donors (Lipinski definition) is 0. The van der Waals surface area contributed by atoms with Gasteiger partial charge in [0.1, 0.15) is 0 Å². The lowest BCUT2D eigenvalue weighted by Gasteiger charge is -2.32. The predicted molar refractivity (Wildman–Crippen MR) is 296 cm³/mol. The van der Waals surface area contributed by atoms with Crippen molar-refractivity contribution in [3.63, 3.8) is 0 Å². The average molecular weight is 907 g/mol. The minimum atomic E-state index is -0.448. The van der Waals surface area contributed by atoms with Crippen LogP contribution in [0, 0.1) is 0 Å². The van der Waals surface area contributed by atoms with Crippen LogP contribution in [0.2, 0.25) is 0 Å². The monoisotopic (exact) mass is 906 g/mol. The van der Waals surface area contributed by atoms with Crippen molar-refractivity contribution in [3.8, 4) is 50.2 Å². The van der Waals surface area contributed by atoms with Crippen molar-refractivity contribution in [1.82, 2.24) is 4.57 Å². The molecule has 13 aromatic rings. The summed E-state index contributed by atoms with van der Waals surface area (Å²) in [4.78, 5) is 2.49. The predicted octanol–water partition coefficient (Wildman–Crippen LogP) is 18.3. The molecule has 2 nitrogen and oxygen atoms in total. The van der Waals surface area contributed by atoms with Crippen LogP contribution in [0.4, 0.5) is 17.1 Å². The molecule has 11 aromatic carbocycles. The number of para-hydroxylation sites is 2. The lowest BCUT2D eigenvalue weighted by atomic mass is 9.70. The SMILES string of the molecule is c1ccc(-n2c3ccccc3c3c(-c4ccc(N(c5ccc(-c6ccc7sc8ccccc8c7c6)cc5)c5cccc6c5-c5ccccc5C65c6ccccc6-c6ccccc65)cc4)cccc32)cc1. The second-order valence-corrected chi connectivity index (χ2v) is 19.8. The minimum absolute atomic E-state index is 0.448. The summed E-state index contributed by atoms with van der Waals surface area (Å²) in [6.07, 6.45) is 0. The van der Waals surface area contributed by atoms with Gasteiger partial charge < -0.3 is 9.47 Å². The van der Waals surface area contributed by atoms with Crippen LogP contribution in [-0.4, -0.2) is 4.57 Å². The first kappa shape index (κ1) is 39.3. The Hall–Kier alpha value is -8.76. The molecule has 1 spiro atoms. The standard InChI is InChI=1S/C67H42N2S/c1-2-16-46(17-3-1)69-60-28-12-7-22-54(60)65-49(23-14-29-61(65)69)44-34-39-48(40-35-44)68(47-37-32-43(33-38-47)45-36-41-64-55(42-45)52-20-8-13-31-63(52)70-64)62-30-15-27-59-66(62)53-21-6-11-26-58(53)67(59)56-24-9-4-18-50(56)51-19-5-10-25-57(51)67/h1-42H. The molecule has 2 heterocycles. The summed E-state index contributed by atoms with van der Waals surface area (Å²) in [5.74, 6) is 0. The van der Waals surface area contributed by atoms with Crippen LogP contribution in [0.5, 0.6) is 0 Å². The molecule has 0 saturated carbocycles. The fourth-order valence-electron chi connectivity index (χ4n) is 12.4. The van der Waals surface area contributed by atoms with E-state index in [0.717, 1.165) is 22.7 Å². The Balaban J connectivity index is 0.925. The molecule has 15 rings (SSSR count). The van der Waals surface area contributed by atoms with Crippen molar-refractivity contribution >= 4 is 70.4 Å². The molecular weight excluding hydrogens is 865 g/mol. The second-order valence-electron chi connectivity index (χ2n) is 18.7. The van der Waals surface area contributed by atoms with Crippen molar-refractivity contribution in [2.75, 3.05) is 4.90 Å². The molecular formula is C67H42N2S. The van der Waals surface area contributed by atoms with Gasteiger partial charge in [-0.1, -0.05) is 182 Å². The average Bonchev–Trinajstić information content (AvgIpc) is 4.16. The molecule has 0 fully saturated rings. The molecule has 0 unspecified atom stereocenters. The van der Waals surface area contributed by atoms with Crippen LogP contribution in [0.25, 0.3) is 92.2 Å². The van der Waals surface area contributed by atoms with Crippen molar-refractivity contribution in [1.29, 1.82) is 0 Å². The van der Waals surface area contributed by atoms with Crippen LogP contribution < -0.4 is 4.90 Å².